The summed E-state index contributed by atoms with van der Waals surface area (Å²) in [5.74, 6) is 1.23. The molecule has 0 saturated heterocycles. The first kappa shape index (κ1) is 13.4. The lowest BCUT2D eigenvalue weighted by Gasteiger charge is -1.99. The molecule has 21 heavy (non-hydrogen) atoms. The van der Waals surface area contributed by atoms with E-state index in [0.717, 1.165) is 18.4 Å². The van der Waals surface area contributed by atoms with Gasteiger partial charge < -0.3 is 10.3 Å². The molecule has 4 nitrogen and oxygen atoms in total. The molecule has 3 aromatic rings. The SMILES string of the molecule is Cc1cccc(CCc2nc(-c3cccc(N)c3)no2)c1. The monoisotopic (exact) mass is 279 g/mol. The summed E-state index contributed by atoms with van der Waals surface area (Å²) in [6.07, 6.45) is 1.62. The number of nitrogens with two attached hydrogens (primary N) is 1. The van der Waals surface area contributed by atoms with Gasteiger partial charge >= 0.3 is 0 Å². The topological polar surface area (TPSA) is 64.9 Å². The van der Waals surface area contributed by atoms with E-state index in [1.54, 1.807) is 0 Å². The second-order valence-electron chi connectivity index (χ2n) is 5.13. The normalized spacial score (nSPS) is 10.7. The van der Waals surface area contributed by atoms with Crippen LogP contribution in [0, 0.1) is 6.92 Å². The number of nitrogens with zero attached hydrogens (tertiary/aromatic N) is 2. The minimum absolute atomic E-state index is 0.585. The van der Waals surface area contributed by atoms with Crippen molar-refractivity contribution in [3.8, 4) is 11.4 Å². The van der Waals surface area contributed by atoms with Gasteiger partial charge in [0.15, 0.2) is 0 Å². The third kappa shape index (κ3) is 3.28. The molecule has 2 aromatic carbocycles. The molecule has 0 unspecified atom stereocenters. The fraction of sp³-hybridized carbons (Fsp3) is 0.176. The number of hydrogen-bond acceptors (Lipinski definition) is 4. The number of rotatable bonds is 4. The van der Waals surface area contributed by atoms with Crippen molar-refractivity contribution >= 4 is 5.69 Å². The Labute approximate surface area is 123 Å². The first-order valence-corrected chi connectivity index (χ1v) is 6.95. The van der Waals surface area contributed by atoms with Crippen LogP contribution in [-0.4, -0.2) is 10.1 Å². The quantitative estimate of drug-likeness (QED) is 0.743. The lowest BCUT2D eigenvalue weighted by molar-refractivity contribution is 0.379. The smallest absolute Gasteiger partial charge is 0.227 e. The van der Waals surface area contributed by atoms with E-state index in [-0.39, 0.29) is 0 Å². The first-order chi connectivity index (χ1) is 10.2. The molecule has 0 aliphatic carbocycles. The molecule has 0 spiro atoms. The minimum Gasteiger partial charge on any atom is -0.399 e. The fourth-order valence-corrected chi connectivity index (χ4v) is 2.27. The predicted molar refractivity (Wildman–Crippen MR) is 82.7 cm³/mol. The molecule has 0 aliphatic heterocycles. The van der Waals surface area contributed by atoms with Crippen LogP contribution in [0.2, 0.25) is 0 Å². The van der Waals surface area contributed by atoms with Crippen LogP contribution in [0.1, 0.15) is 17.0 Å². The van der Waals surface area contributed by atoms with Gasteiger partial charge in [-0.1, -0.05) is 47.1 Å². The second-order valence-corrected chi connectivity index (χ2v) is 5.13. The van der Waals surface area contributed by atoms with E-state index in [0.29, 0.717) is 17.4 Å². The van der Waals surface area contributed by atoms with Crippen molar-refractivity contribution in [2.75, 3.05) is 5.73 Å². The van der Waals surface area contributed by atoms with Crippen molar-refractivity contribution in [2.24, 2.45) is 0 Å². The standard InChI is InChI=1S/C17H17N3O/c1-12-4-2-5-13(10-12)8-9-16-19-17(20-21-16)14-6-3-7-15(18)11-14/h2-7,10-11H,8-9,18H2,1H3. The second kappa shape index (κ2) is 5.79. The first-order valence-electron chi connectivity index (χ1n) is 6.95. The van der Waals surface area contributed by atoms with Crippen LogP contribution in [0.3, 0.4) is 0 Å². The van der Waals surface area contributed by atoms with Crippen molar-refractivity contribution in [1.29, 1.82) is 0 Å². The van der Waals surface area contributed by atoms with Gasteiger partial charge in [-0.25, -0.2) is 0 Å². The molecule has 2 N–H and O–H groups in total. The van der Waals surface area contributed by atoms with E-state index < -0.39 is 0 Å². The molecule has 0 bridgehead atoms. The Morgan fingerprint density at radius 3 is 2.71 bits per heavy atom. The molecule has 0 radical (unpaired) electrons. The molecule has 3 rings (SSSR count). The van der Waals surface area contributed by atoms with E-state index in [9.17, 15) is 0 Å². The van der Waals surface area contributed by atoms with Gasteiger partial charge in [-0.05, 0) is 31.0 Å². The van der Waals surface area contributed by atoms with E-state index in [1.807, 2.05) is 24.3 Å². The Balaban J connectivity index is 1.71. The van der Waals surface area contributed by atoms with E-state index >= 15 is 0 Å². The summed E-state index contributed by atoms with van der Waals surface area (Å²) in [5.41, 5.74) is 9.87. The number of hydrogen-bond donors (Lipinski definition) is 1. The molecule has 1 aromatic heterocycles. The van der Waals surface area contributed by atoms with Gasteiger partial charge in [0, 0.05) is 17.7 Å². The van der Waals surface area contributed by atoms with Crippen LogP contribution in [0.5, 0.6) is 0 Å². The zero-order valence-electron chi connectivity index (χ0n) is 11.9. The molecule has 106 valence electrons. The Morgan fingerprint density at radius 2 is 1.90 bits per heavy atom. The number of aryl methyl sites for hydroxylation is 3. The van der Waals surface area contributed by atoms with Crippen molar-refractivity contribution in [2.45, 2.75) is 19.8 Å². The van der Waals surface area contributed by atoms with Crippen molar-refractivity contribution in [3.63, 3.8) is 0 Å². The number of benzene rings is 2. The molecular weight excluding hydrogens is 262 g/mol. The Bertz CT molecular complexity index is 749. The van der Waals surface area contributed by atoms with Gasteiger partial charge in [0.1, 0.15) is 0 Å². The van der Waals surface area contributed by atoms with E-state index in [1.165, 1.54) is 11.1 Å². The van der Waals surface area contributed by atoms with E-state index in [2.05, 4.69) is 41.3 Å². The highest BCUT2D eigenvalue weighted by atomic mass is 16.5. The average molecular weight is 279 g/mol. The molecule has 0 fully saturated rings. The van der Waals surface area contributed by atoms with Crippen LogP contribution in [-0.2, 0) is 12.8 Å². The van der Waals surface area contributed by atoms with Gasteiger partial charge in [-0.15, -0.1) is 0 Å². The van der Waals surface area contributed by atoms with Gasteiger partial charge in [0.25, 0.3) is 0 Å². The molecule has 0 aliphatic rings. The van der Waals surface area contributed by atoms with Gasteiger partial charge in [-0.2, -0.15) is 4.98 Å². The lowest BCUT2D eigenvalue weighted by atomic mass is 10.1. The highest BCUT2D eigenvalue weighted by molar-refractivity contribution is 5.60. The predicted octanol–water partition coefficient (Wildman–Crippen LogP) is 3.41. The molecule has 4 heteroatoms. The summed E-state index contributed by atoms with van der Waals surface area (Å²) >= 11 is 0. The van der Waals surface area contributed by atoms with E-state index in [4.69, 9.17) is 10.3 Å². The maximum Gasteiger partial charge on any atom is 0.227 e. The van der Waals surface area contributed by atoms with Gasteiger partial charge in [0.2, 0.25) is 11.7 Å². The van der Waals surface area contributed by atoms with Gasteiger partial charge in [0.05, 0.1) is 0 Å². The fourth-order valence-electron chi connectivity index (χ4n) is 2.27. The van der Waals surface area contributed by atoms with Crippen molar-refractivity contribution in [3.05, 3.63) is 65.5 Å². The summed E-state index contributed by atoms with van der Waals surface area (Å²) in [6, 6.07) is 15.9. The number of anilines is 1. The molecule has 1 heterocycles. The third-order valence-electron chi connectivity index (χ3n) is 3.32. The van der Waals surface area contributed by atoms with Crippen LogP contribution in [0.4, 0.5) is 5.69 Å². The molecular formula is C17H17N3O. The zero-order chi connectivity index (χ0) is 14.7. The molecule has 0 atom stereocenters. The Kier molecular flexibility index (Phi) is 3.69. The number of aromatic nitrogens is 2. The average Bonchev–Trinajstić information content (AvgIpc) is 2.94. The van der Waals surface area contributed by atoms with Crippen LogP contribution >= 0.6 is 0 Å². The molecule has 0 amide bonds. The third-order valence-corrected chi connectivity index (χ3v) is 3.32. The minimum atomic E-state index is 0.585. The van der Waals surface area contributed by atoms with Crippen molar-refractivity contribution < 1.29 is 4.52 Å². The summed E-state index contributed by atoms with van der Waals surface area (Å²) in [7, 11) is 0. The summed E-state index contributed by atoms with van der Waals surface area (Å²) in [4.78, 5) is 4.43. The summed E-state index contributed by atoms with van der Waals surface area (Å²) in [5, 5.41) is 4.02. The maximum atomic E-state index is 5.77. The maximum absolute atomic E-state index is 5.77. The van der Waals surface area contributed by atoms with Gasteiger partial charge in [-0.3, -0.25) is 0 Å². The largest absolute Gasteiger partial charge is 0.399 e. The molecule has 0 saturated carbocycles. The highest BCUT2D eigenvalue weighted by Crippen LogP contribution is 2.18. The lowest BCUT2D eigenvalue weighted by Crippen LogP contribution is -1.92. The van der Waals surface area contributed by atoms with Crippen molar-refractivity contribution in [1.82, 2.24) is 10.1 Å². The van der Waals surface area contributed by atoms with Crippen LogP contribution in [0.15, 0.2) is 53.1 Å². The van der Waals surface area contributed by atoms with Crippen LogP contribution < -0.4 is 5.73 Å². The zero-order valence-corrected chi connectivity index (χ0v) is 11.9. The Hall–Kier alpha value is -2.62. The summed E-state index contributed by atoms with van der Waals surface area (Å²) < 4.78 is 5.31. The summed E-state index contributed by atoms with van der Waals surface area (Å²) in [6.45, 7) is 2.09. The Morgan fingerprint density at radius 1 is 1.05 bits per heavy atom. The highest BCUT2D eigenvalue weighted by Gasteiger charge is 2.09. The van der Waals surface area contributed by atoms with Crippen LogP contribution in [0.25, 0.3) is 11.4 Å². The number of nitrogen functional groups attached to an aromatic ring is 1.